The van der Waals surface area contributed by atoms with Gasteiger partial charge in [0.1, 0.15) is 34.3 Å². The second-order valence-corrected chi connectivity index (χ2v) is 11.7. The van der Waals surface area contributed by atoms with Crippen LogP contribution in [-0.2, 0) is 7.05 Å². The van der Waals surface area contributed by atoms with Gasteiger partial charge in [-0.1, -0.05) is 52.0 Å². The second-order valence-electron chi connectivity index (χ2n) is 11.7. The lowest BCUT2D eigenvalue weighted by Crippen LogP contribution is -2.01. The van der Waals surface area contributed by atoms with Crippen LogP contribution in [-0.4, -0.2) is 59.9 Å². The Morgan fingerprint density at radius 2 is 0.857 bits per heavy atom. The molecule has 0 fully saturated rings. The van der Waals surface area contributed by atoms with Crippen LogP contribution >= 0.6 is 0 Å². The topological polar surface area (TPSA) is 158 Å². The number of aryl methyl sites for hydroxylation is 1. The highest BCUT2D eigenvalue weighted by atomic mass is 16.5. The molecule has 0 N–H and O–H groups in total. The first-order valence-corrected chi connectivity index (χ1v) is 15.6. The minimum atomic E-state index is -0.0386. The molecule has 0 saturated heterocycles. The van der Waals surface area contributed by atoms with E-state index in [-0.39, 0.29) is 30.1 Å². The molecule has 0 amide bonds. The Morgan fingerprint density at radius 1 is 0.490 bits per heavy atom. The standard InChI is InChI=1S/C34H32N12O3/c1-21(2)45-19-30(39-42-45)24-10-7-13-27(16-24)48-33-35-32(47-26-12-6-9-23(15-26)29-18-44(5)41-38-29)36-34(37-33)49-28-14-8-11-25(17-28)31-20-46(22(3)4)43-40-31/h6-22H,1-5H3. The van der Waals surface area contributed by atoms with Gasteiger partial charge in [-0.25, -0.2) is 9.36 Å². The van der Waals surface area contributed by atoms with Gasteiger partial charge in [-0.2, -0.15) is 0 Å². The summed E-state index contributed by atoms with van der Waals surface area (Å²) < 4.78 is 23.6. The van der Waals surface area contributed by atoms with E-state index in [1.165, 1.54) is 0 Å². The molecule has 7 aromatic rings. The molecule has 0 radical (unpaired) electrons. The van der Waals surface area contributed by atoms with Crippen molar-refractivity contribution in [2.75, 3.05) is 0 Å². The van der Waals surface area contributed by atoms with Crippen LogP contribution in [0.2, 0.25) is 0 Å². The average molecular weight is 657 g/mol. The number of ether oxygens (including phenoxy) is 3. The summed E-state index contributed by atoms with van der Waals surface area (Å²) in [7, 11) is 1.81. The predicted molar refractivity (Wildman–Crippen MR) is 178 cm³/mol. The van der Waals surface area contributed by atoms with Crippen molar-refractivity contribution < 1.29 is 14.2 Å². The summed E-state index contributed by atoms with van der Waals surface area (Å²) >= 11 is 0. The molecule has 7 rings (SSSR count). The summed E-state index contributed by atoms with van der Waals surface area (Å²) in [6.07, 6.45) is 5.59. The number of aromatic nitrogens is 12. The van der Waals surface area contributed by atoms with E-state index in [1.807, 2.05) is 101 Å². The Morgan fingerprint density at radius 3 is 1.18 bits per heavy atom. The fourth-order valence-electron chi connectivity index (χ4n) is 4.73. The quantitative estimate of drug-likeness (QED) is 0.145. The number of hydrogen-bond acceptors (Lipinski definition) is 12. The van der Waals surface area contributed by atoms with Gasteiger partial charge in [-0.05, 0) is 64.1 Å². The summed E-state index contributed by atoms with van der Waals surface area (Å²) in [5, 5.41) is 25.2. The molecule has 4 aromatic heterocycles. The Kier molecular flexibility index (Phi) is 8.45. The third-order valence-corrected chi connectivity index (χ3v) is 7.27. The van der Waals surface area contributed by atoms with Crippen LogP contribution in [0.25, 0.3) is 33.8 Å². The molecule has 0 aliphatic carbocycles. The SMILES string of the molecule is CC(C)n1cc(-c2cccc(Oc3nc(Oc4cccc(-c5cn(C)nn5)c4)nc(Oc4cccc(-c5cn(C(C)C)nn5)c4)n3)c2)nn1. The van der Waals surface area contributed by atoms with Crippen molar-refractivity contribution in [3.8, 4) is 69.1 Å². The van der Waals surface area contributed by atoms with E-state index in [9.17, 15) is 0 Å². The first-order chi connectivity index (χ1) is 23.8. The molecule has 15 nitrogen and oxygen atoms in total. The second kappa shape index (κ2) is 13.3. The van der Waals surface area contributed by atoms with Crippen LogP contribution < -0.4 is 14.2 Å². The zero-order valence-electron chi connectivity index (χ0n) is 27.4. The van der Waals surface area contributed by atoms with Gasteiger partial charge >= 0.3 is 18.0 Å². The number of rotatable bonds is 11. The minimum Gasteiger partial charge on any atom is -0.424 e. The molecule has 0 saturated carbocycles. The van der Waals surface area contributed by atoms with Gasteiger partial charge in [0, 0.05) is 35.8 Å². The summed E-state index contributed by atoms with van der Waals surface area (Å²) in [4.78, 5) is 13.4. The zero-order chi connectivity index (χ0) is 33.9. The van der Waals surface area contributed by atoms with Gasteiger partial charge in [-0.15, -0.1) is 30.2 Å². The molecule has 0 spiro atoms. The fraction of sp³-hybridized carbons (Fsp3) is 0.206. The number of nitrogens with zero attached hydrogens (tertiary/aromatic N) is 12. The lowest BCUT2D eigenvalue weighted by atomic mass is 10.1. The third kappa shape index (κ3) is 7.25. The van der Waals surface area contributed by atoms with Gasteiger partial charge in [0.25, 0.3) is 0 Å². The largest absolute Gasteiger partial charge is 0.424 e. The van der Waals surface area contributed by atoms with Crippen molar-refractivity contribution in [3.63, 3.8) is 0 Å². The Bertz CT molecular complexity index is 2110. The molecule has 15 heteroatoms. The number of benzene rings is 3. The average Bonchev–Trinajstić information content (AvgIpc) is 3.87. The van der Waals surface area contributed by atoms with E-state index in [0.29, 0.717) is 34.3 Å². The van der Waals surface area contributed by atoms with E-state index in [0.717, 1.165) is 16.7 Å². The van der Waals surface area contributed by atoms with Gasteiger partial charge in [0.15, 0.2) is 0 Å². The van der Waals surface area contributed by atoms with Gasteiger partial charge in [0.2, 0.25) is 0 Å². The molecule has 4 heterocycles. The first-order valence-electron chi connectivity index (χ1n) is 15.6. The molecular formula is C34H32N12O3. The lowest BCUT2D eigenvalue weighted by Gasteiger charge is -2.11. The van der Waals surface area contributed by atoms with E-state index in [2.05, 4.69) is 45.9 Å². The van der Waals surface area contributed by atoms with Crippen molar-refractivity contribution in [2.24, 2.45) is 7.05 Å². The van der Waals surface area contributed by atoms with Crippen molar-refractivity contribution in [1.29, 1.82) is 0 Å². The molecule has 0 aliphatic heterocycles. The molecule has 0 bridgehead atoms. The van der Waals surface area contributed by atoms with Crippen molar-refractivity contribution in [2.45, 2.75) is 39.8 Å². The Balaban J connectivity index is 1.20. The smallest absolute Gasteiger partial charge is 0.331 e. The van der Waals surface area contributed by atoms with Crippen LogP contribution in [0, 0.1) is 0 Å². The van der Waals surface area contributed by atoms with Gasteiger partial charge in [-0.3, -0.25) is 4.68 Å². The van der Waals surface area contributed by atoms with Crippen LogP contribution in [0.5, 0.6) is 35.3 Å². The summed E-state index contributed by atoms with van der Waals surface area (Å²) in [6.45, 7) is 8.16. The molecule has 3 aromatic carbocycles. The van der Waals surface area contributed by atoms with Crippen molar-refractivity contribution >= 4 is 0 Å². The maximum absolute atomic E-state index is 6.15. The molecule has 0 aliphatic rings. The predicted octanol–water partition coefficient (Wildman–Crippen LogP) is 6.72. The van der Waals surface area contributed by atoms with Crippen molar-refractivity contribution in [3.05, 3.63) is 91.4 Å². The highest BCUT2D eigenvalue weighted by molar-refractivity contribution is 5.62. The molecule has 49 heavy (non-hydrogen) atoms. The molecule has 246 valence electrons. The monoisotopic (exact) mass is 656 g/mol. The minimum absolute atomic E-state index is 0.0379. The van der Waals surface area contributed by atoms with Crippen LogP contribution in [0.4, 0.5) is 0 Å². The maximum atomic E-state index is 6.15. The lowest BCUT2D eigenvalue weighted by molar-refractivity contribution is 0.362. The highest BCUT2D eigenvalue weighted by Gasteiger charge is 2.16. The van der Waals surface area contributed by atoms with E-state index >= 15 is 0 Å². The van der Waals surface area contributed by atoms with E-state index < -0.39 is 0 Å². The van der Waals surface area contributed by atoms with Crippen LogP contribution in [0.3, 0.4) is 0 Å². The van der Waals surface area contributed by atoms with E-state index in [1.54, 1.807) is 39.3 Å². The van der Waals surface area contributed by atoms with Crippen LogP contribution in [0.15, 0.2) is 91.4 Å². The van der Waals surface area contributed by atoms with Gasteiger partial charge < -0.3 is 14.2 Å². The molecule has 0 atom stereocenters. The van der Waals surface area contributed by atoms with Gasteiger partial charge in [0.05, 0.1) is 18.6 Å². The molecule has 0 unspecified atom stereocenters. The summed E-state index contributed by atoms with van der Waals surface area (Å²) in [5.41, 5.74) is 4.55. The fourth-order valence-corrected chi connectivity index (χ4v) is 4.73. The first kappa shape index (κ1) is 31.1. The van der Waals surface area contributed by atoms with Crippen LogP contribution in [0.1, 0.15) is 39.8 Å². The Hall–Kier alpha value is -6.51. The molecular weight excluding hydrogens is 624 g/mol. The van der Waals surface area contributed by atoms with Crippen molar-refractivity contribution in [1.82, 2.24) is 59.9 Å². The zero-order valence-corrected chi connectivity index (χ0v) is 27.4. The summed E-state index contributed by atoms with van der Waals surface area (Å²) in [6, 6.07) is 22.4. The normalized spacial score (nSPS) is 11.3. The highest BCUT2D eigenvalue weighted by Crippen LogP contribution is 2.31. The Labute approximate surface area is 281 Å². The number of hydrogen-bond donors (Lipinski definition) is 0. The maximum Gasteiger partial charge on any atom is 0.331 e. The summed E-state index contributed by atoms with van der Waals surface area (Å²) in [5.74, 6) is 1.41. The third-order valence-electron chi connectivity index (χ3n) is 7.27. The van der Waals surface area contributed by atoms with E-state index in [4.69, 9.17) is 14.2 Å².